The fourth-order valence-electron chi connectivity index (χ4n) is 2.23. The first kappa shape index (κ1) is 20.6. The van der Waals surface area contributed by atoms with Crippen LogP contribution in [0, 0.1) is 17.0 Å². The lowest BCUT2D eigenvalue weighted by molar-refractivity contribution is -0.387. The largest absolute Gasteiger partial charge is 0.463 e. The number of hydrogen-bond acceptors (Lipinski definition) is 10. The molecule has 0 aliphatic rings. The van der Waals surface area contributed by atoms with Gasteiger partial charge in [-0.15, -0.1) is 11.3 Å². The highest BCUT2D eigenvalue weighted by molar-refractivity contribution is 8.01. The van der Waals surface area contributed by atoms with Crippen LogP contribution in [0.25, 0.3) is 0 Å². The number of carbonyl (C=O) groups is 2. The summed E-state index contributed by atoms with van der Waals surface area (Å²) in [6.07, 6.45) is 0. The molecule has 3 aromatic rings. The van der Waals surface area contributed by atoms with E-state index in [9.17, 15) is 19.7 Å². The highest BCUT2D eigenvalue weighted by Crippen LogP contribution is 2.36. The molecule has 0 spiro atoms. The molecule has 9 nitrogen and oxygen atoms in total. The minimum Gasteiger partial charge on any atom is -0.463 e. The molecule has 150 valence electrons. The van der Waals surface area contributed by atoms with Crippen molar-refractivity contribution in [1.82, 2.24) is 4.98 Å². The number of rotatable bonds is 7. The first-order valence-electron chi connectivity index (χ1n) is 8.10. The molecule has 0 amide bonds. The fourth-order valence-corrected chi connectivity index (χ4v) is 4.11. The van der Waals surface area contributed by atoms with Crippen molar-refractivity contribution >= 4 is 40.7 Å². The fraction of sp³-hybridized carbons (Fsp3) is 0.167. The maximum atomic E-state index is 12.3. The van der Waals surface area contributed by atoms with Crippen LogP contribution in [0.3, 0.4) is 0 Å². The van der Waals surface area contributed by atoms with E-state index in [0.29, 0.717) is 9.24 Å². The van der Waals surface area contributed by atoms with Crippen LogP contribution in [0.1, 0.15) is 32.4 Å². The number of thiazole rings is 1. The normalized spacial score (nSPS) is 10.6. The molecule has 0 saturated carbocycles. The van der Waals surface area contributed by atoms with Crippen molar-refractivity contribution in [3.8, 4) is 0 Å². The van der Waals surface area contributed by atoms with Crippen molar-refractivity contribution in [3.63, 3.8) is 0 Å². The lowest BCUT2D eigenvalue weighted by Crippen LogP contribution is -2.06. The van der Waals surface area contributed by atoms with Gasteiger partial charge in [0.1, 0.15) is 12.4 Å². The molecule has 0 aliphatic carbocycles. The number of methoxy groups -OCH3 is 1. The van der Waals surface area contributed by atoms with Crippen molar-refractivity contribution in [2.24, 2.45) is 0 Å². The Labute approximate surface area is 172 Å². The number of aryl methyl sites for hydroxylation is 1. The molecule has 2 aromatic heterocycles. The number of benzene rings is 1. The van der Waals surface area contributed by atoms with Crippen molar-refractivity contribution in [3.05, 3.63) is 68.6 Å². The van der Waals surface area contributed by atoms with Gasteiger partial charge in [-0.05, 0) is 31.2 Å². The van der Waals surface area contributed by atoms with E-state index in [1.165, 1.54) is 42.7 Å². The summed E-state index contributed by atoms with van der Waals surface area (Å²) < 4.78 is 15.5. The topological polar surface area (TPSA) is 122 Å². The smallest absolute Gasteiger partial charge is 0.373 e. The summed E-state index contributed by atoms with van der Waals surface area (Å²) in [5.41, 5.74) is 0.632. The standard InChI is InChI=1S/C18H14N2O7S2/c1-10-9-28-18(19-10)29-15-6-3-11(7-13(15)20(23)24)16(21)26-8-12-4-5-14(27-12)17(22)25-2/h3-7,9H,8H2,1-2H3. The Kier molecular flexibility index (Phi) is 6.29. The summed E-state index contributed by atoms with van der Waals surface area (Å²) in [4.78, 5) is 39.1. The molecule has 2 heterocycles. The molecule has 0 unspecified atom stereocenters. The van der Waals surface area contributed by atoms with Gasteiger partial charge in [-0.3, -0.25) is 10.1 Å². The maximum absolute atomic E-state index is 12.3. The summed E-state index contributed by atoms with van der Waals surface area (Å²) in [7, 11) is 1.22. The Bertz CT molecular complexity index is 1070. The summed E-state index contributed by atoms with van der Waals surface area (Å²) >= 11 is 2.54. The molecule has 29 heavy (non-hydrogen) atoms. The van der Waals surface area contributed by atoms with Gasteiger partial charge >= 0.3 is 11.9 Å². The van der Waals surface area contributed by atoms with Crippen LogP contribution in [0.4, 0.5) is 5.69 Å². The zero-order valence-corrected chi connectivity index (χ0v) is 16.9. The number of nitro benzene ring substituents is 1. The lowest BCUT2D eigenvalue weighted by atomic mass is 10.2. The van der Waals surface area contributed by atoms with Gasteiger partial charge in [0.05, 0.1) is 22.5 Å². The average molecular weight is 434 g/mol. The molecule has 0 atom stereocenters. The predicted octanol–water partition coefficient (Wildman–Crippen LogP) is 4.25. The van der Waals surface area contributed by atoms with Gasteiger partial charge in [0.25, 0.3) is 5.69 Å². The van der Waals surface area contributed by atoms with Gasteiger partial charge in [0.15, 0.2) is 4.34 Å². The summed E-state index contributed by atoms with van der Waals surface area (Å²) in [6, 6.07) is 6.95. The van der Waals surface area contributed by atoms with E-state index in [2.05, 4.69) is 9.72 Å². The van der Waals surface area contributed by atoms with E-state index in [4.69, 9.17) is 9.15 Å². The number of nitrogens with zero attached hydrogens (tertiary/aromatic N) is 2. The number of nitro groups is 1. The molecular weight excluding hydrogens is 420 g/mol. The second kappa shape index (κ2) is 8.88. The summed E-state index contributed by atoms with van der Waals surface area (Å²) in [6.45, 7) is 1.60. The van der Waals surface area contributed by atoms with Crippen LogP contribution < -0.4 is 0 Å². The maximum Gasteiger partial charge on any atom is 0.373 e. The number of carbonyl (C=O) groups excluding carboxylic acids is 2. The number of esters is 2. The third-order valence-electron chi connectivity index (χ3n) is 3.58. The first-order valence-corrected chi connectivity index (χ1v) is 9.79. The summed E-state index contributed by atoms with van der Waals surface area (Å²) in [5.74, 6) is -1.19. The first-order chi connectivity index (χ1) is 13.9. The number of furan rings is 1. The summed E-state index contributed by atoms with van der Waals surface area (Å²) in [5, 5.41) is 13.3. The van der Waals surface area contributed by atoms with Crippen LogP contribution in [0.2, 0.25) is 0 Å². The van der Waals surface area contributed by atoms with Gasteiger partial charge in [-0.25, -0.2) is 14.6 Å². The number of ether oxygens (including phenoxy) is 2. The molecule has 11 heteroatoms. The quantitative estimate of drug-likeness (QED) is 0.305. The molecule has 0 saturated heterocycles. The number of aromatic nitrogens is 1. The van der Waals surface area contributed by atoms with Crippen LogP contribution in [-0.2, 0) is 16.1 Å². The zero-order chi connectivity index (χ0) is 21.0. The third-order valence-corrected chi connectivity index (χ3v) is 5.70. The monoisotopic (exact) mass is 434 g/mol. The van der Waals surface area contributed by atoms with Gasteiger partial charge in [-0.1, -0.05) is 11.8 Å². The Morgan fingerprint density at radius 3 is 2.72 bits per heavy atom. The van der Waals surface area contributed by atoms with E-state index in [-0.39, 0.29) is 29.4 Å². The Morgan fingerprint density at radius 1 is 1.28 bits per heavy atom. The van der Waals surface area contributed by atoms with Crippen LogP contribution in [-0.4, -0.2) is 29.0 Å². The number of hydrogen-bond donors (Lipinski definition) is 0. The van der Waals surface area contributed by atoms with Crippen LogP contribution in [0.15, 0.2) is 49.4 Å². The molecule has 0 bridgehead atoms. The van der Waals surface area contributed by atoms with Crippen molar-refractivity contribution in [1.29, 1.82) is 0 Å². The zero-order valence-electron chi connectivity index (χ0n) is 15.2. The minimum atomic E-state index is -0.759. The molecular formula is C18H14N2O7S2. The third kappa shape index (κ3) is 5.00. The van der Waals surface area contributed by atoms with E-state index in [1.54, 1.807) is 0 Å². The van der Waals surface area contributed by atoms with Crippen LogP contribution >= 0.6 is 23.1 Å². The second-order valence-electron chi connectivity index (χ2n) is 5.63. The second-order valence-corrected chi connectivity index (χ2v) is 7.78. The Morgan fingerprint density at radius 2 is 2.07 bits per heavy atom. The lowest BCUT2D eigenvalue weighted by Gasteiger charge is -2.05. The minimum absolute atomic E-state index is 0.0204. The van der Waals surface area contributed by atoms with E-state index in [1.807, 2.05) is 12.3 Å². The van der Waals surface area contributed by atoms with Gasteiger partial charge in [0.2, 0.25) is 5.76 Å². The van der Waals surface area contributed by atoms with Crippen molar-refractivity contribution < 1.29 is 28.4 Å². The Balaban J connectivity index is 1.71. The molecule has 0 N–H and O–H groups in total. The van der Waals surface area contributed by atoms with Gasteiger partial charge in [-0.2, -0.15) is 0 Å². The molecule has 3 rings (SSSR count). The molecule has 0 fully saturated rings. The van der Waals surface area contributed by atoms with Crippen molar-refractivity contribution in [2.45, 2.75) is 22.8 Å². The SMILES string of the molecule is COC(=O)c1ccc(COC(=O)c2ccc(Sc3nc(C)cs3)c([N+](=O)[O-])c2)o1. The highest BCUT2D eigenvalue weighted by Gasteiger charge is 2.21. The van der Waals surface area contributed by atoms with E-state index in [0.717, 1.165) is 23.5 Å². The van der Waals surface area contributed by atoms with E-state index >= 15 is 0 Å². The van der Waals surface area contributed by atoms with E-state index < -0.39 is 16.9 Å². The Hall–Kier alpha value is -3.18. The molecule has 1 aromatic carbocycles. The van der Waals surface area contributed by atoms with Crippen molar-refractivity contribution in [2.75, 3.05) is 7.11 Å². The average Bonchev–Trinajstić information content (AvgIpc) is 3.34. The predicted molar refractivity (Wildman–Crippen MR) is 103 cm³/mol. The van der Waals surface area contributed by atoms with Gasteiger partial charge in [0, 0.05) is 17.1 Å². The van der Waals surface area contributed by atoms with Crippen LogP contribution in [0.5, 0.6) is 0 Å². The van der Waals surface area contributed by atoms with Gasteiger partial charge < -0.3 is 13.9 Å². The molecule has 0 aliphatic heterocycles. The molecule has 0 radical (unpaired) electrons. The highest BCUT2D eigenvalue weighted by atomic mass is 32.2.